The minimum atomic E-state index is -3.89. The molecule has 0 N–H and O–H groups in total. The van der Waals surface area contributed by atoms with E-state index in [0.29, 0.717) is 5.69 Å². The second-order valence-electron chi connectivity index (χ2n) is 7.63. The number of carbonyl (C=O) groups excluding carboxylic acids is 1. The quantitative estimate of drug-likeness (QED) is 0.730. The molecule has 2 aromatic rings. The maximum Gasteiger partial charge on any atom is 0.309 e. The van der Waals surface area contributed by atoms with Gasteiger partial charge in [-0.25, -0.2) is 4.68 Å². The highest BCUT2D eigenvalue weighted by Gasteiger charge is 2.59. The fourth-order valence-corrected chi connectivity index (χ4v) is 5.89. The van der Waals surface area contributed by atoms with Crippen molar-refractivity contribution in [3.05, 3.63) is 30.6 Å². The zero-order chi connectivity index (χ0) is 18.5. The molecule has 8 nitrogen and oxygen atoms in total. The van der Waals surface area contributed by atoms with Crippen LogP contribution in [0.25, 0.3) is 5.69 Å². The van der Waals surface area contributed by atoms with Gasteiger partial charge in [-0.15, -0.1) is 5.10 Å². The van der Waals surface area contributed by atoms with Crippen molar-refractivity contribution in [1.29, 1.82) is 0 Å². The Morgan fingerprint density at radius 2 is 2.12 bits per heavy atom. The number of Topliss-reactive ketones (excluding diaryl/α,β-unsaturated/α-hetero) is 1. The molecule has 3 atom stereocenters. The van der Waals surface area contributed by atoms with E-state index in [2.05, 4.69) is 29.4 Å². The Hall–Kier alpha value is -2.29. The molecule has 138 valence electrons. The number of hydrogen-bond donors (Lipinski definition) is 0. The summed E-state index contributed by atoms with van der Waals surface area (Å²) in [5, 5.41) is 10.9. The molecule has 4 rings (SSSR count). The van der Waals surface area contributed by atoms with E-state index in [1.54, 1.807) is 24.3 Å². The number of ketones is 1. The molecular weight excluding hydrogens is 356 g/mol. The van der Waals surface area contributed by atoms with Crippen molar-refractivity contribution < 1.29 is 17.4 Å². The fraction of sp³-hybridized carbons (Fsp3) is 0.529. The third-order valence-corrected chi connectivity index (χ3v) is 7.07. The molecule has 0 unspecified atom stereocenters. The van der Waals surface area contributed by atoms with Crippen LogP contribution >= 0.6 is 0 Å². The molecule has 0 aliphatic heterocycles. The topological polar surface area (TPSA) is 104 Å². The van der Waals surface area contributed by atoms with Gasteiger partial charge in [0.05, 0.1) is 11.4 Å². The lowest BCUT2D eigenvalue weighted by molar-refractivity contribution is -0.125. The molecule has 0 amide bonds. The highest BCUT2D eigenvalue weighted by atomic mass is 32.2. The highest BCUT2D eigenvalue weighted by Crippen LogP contribution is 2.58. The van der Waals surface area contributed by atoms with Crippen molar-refractivity contribution in [2.24, 2.45) is 23.2 Å². The van der Waals surface area contributed by atoms with E-state index >= 15 is 0 Å². The first-order valence-electron chi connectivity index (χ1n) is 8.57. The van der Waals surface area contributed by atoms with Crippen molar-refractivity contribution >= 4 is 15.9 Å². The number of hydrogen-bond acceptors (Lipinski definition) is 7. The SMILES string of the molecule is CC1(C)[C@H]2CC[C@H]1[C@@H](CS(=O)(=O)Oc1cccc(-n3cnnn3)c1)C2=O. The average molecular weight is 376 g/mol. The van der Waals surface area contributed by atoms with E-state index in [1.165, 1.54) is 11.0 Å². The van der Waals surface area contributed by atoms with Gasteiger partial charge >= 0.3 is 10.1 Å². The summed E-state index contributed by atoms with van der Waals surface area (Å²) < 4.78 is 31.8. The van der Waals surface area contributed by atoms with Crippen LogP contribution in [0.1, 0.15) is 26.7 Å². The second kappa shape index (κ2) is 5.87. The molecule has 0 saturated heterocycles. The number of rotatable bonds is 5. The van der Waals surface area contributed by atoms with Crippen LogP contribution in [-0.2, 0) is 14.9 Å². The smallest absolute Gasteiger partial charge is 0.309 e. The average Bonchev–Trinajstić information content (AvgIpc) is 3.23. The zero-order valence-electron chi connectivity index (χ0n) is 14.6. The Morgan fingerprint density at radius 1 is 1.31 bits per heavy atom. The molecule has 26 heavy (non-hydrogen) atoms. The van der Waals surface area contributed by atoms with E-state index in [9.17, 15) is 13.2 Å². The molecule has 2 aliphatic rings. The van der Waals surface area contributed by atoms with Gasteiger partial charge in [0.1, 0.15) is 17.9 Å². The minimum absolute atomic E-state index is 0.0316. The molecule has 1 heterocycles. The lowest BCUT2D eigenvalue weighted by atomic mass is 9.80. The Morgan fingerprint density at radius 3 is 2.77 bits per heavy atom. The molecular formula is C17H20N4O4S. The summed E-state index contributed by atoms with van der Waals surface area (Å²) in [6.07, 6.45) is 3.17. The first-order chi connectivity index (χ1) is 12.3. The summed E-state index contributed by atoms with van der Waals surface area (Å²) in [6, 6.07) is 6.49. The van der Waals surface area contributed by atoms with Crippen LogP contribution in [-0.4, -0.2) is 40.2 Å². The number of benzene rings is 1. The first-order valence-corrected chi connectivity index (χ1v) is 10.1. The van der Waals surface area contributed by atoms with Gasteiger partial charge in [-0.2, -0.15) is 8.42 Å². The molecule has 2 bridgehead atoms. The van der Waals surface area contributed by atoms with Crippen molar-refractivity contribution in [2.45, 2.75) is 26.7 Å². The zero-order valence-corrected chi connectivity index (χ0v) is 15.4. The standard InChI is InChI=1S/C17H20N4O4S/c1-17(2)14-6-7-15(17)16(22)13(14)9-26(23,24)25-12-5-3-4-11(8-12)21-10-18-19-20-21/h3-5,8,10,13-15H,6-7,9H2,1-2H3/t13-,14+,15+/m1/s1. The van der Waals surface area contributed by atoms with Crippen LogP contribution in [0.4, 0.5) is 0 Å². The number of aromatic nitrogens is 4. The summed E-state index contributed by atoms with van der Waals surface area (Å²) in [5.74, 6) is -0.433. The van der Waals surface area contributed by atoms with Gasteiger partial charge < -0.3 is 4.18 Å². The molecule has 1 aromatic carbocycles. The highest BCUT2D eigenvalue weighted by molar-refractivity contribution is 7.87. The molecule has 1 aromatic heterocycles. The number of tetrazole rings is 1. The van der Waals surface area contributed by atoms with E-state index in [1.807, 2.05) is 0 Å². The van der Waals surface area contributed by atoms with Crippen LogP contribution < -0.4 is 4.18 Å². The van der Waals surface area contributed by atoms with Gasteiger partial charge in [-0.1, -0.05) is 19.9 Å². The largest absolute Gasteiger partial charge is 0.382 e. The van der Waals surface area contributed by atoms with Crippen LogP contribution in [0.5, 0.6) is 5.75 Å². The van der Waals surface area contributed by atoms with E-state index in [4.69, 9.17) is 4.18 Å². The Kier molecular flexibility index (Phi) is 3.87. The Bertz CT molecular complexity index is 939. The number of carbonyl (C=O) groups is 1. The monoisotopic (exact) mass is 376 g/mol. The van der Waals surface area contributed by atoms with Crippen molar-refractivity contribution in [2.75, 3.05) is 5.75 Å². The van der Waals surface area contributed by atoms with Gasteiger partial charge in [0.15, 0.2) is 0 Å². The van der Waals surface area contributed by atoms with Crippen molar-refractivity contribution in [3.8, 4) is 11.4 Å². The summed E-state index contributed by atoms with van der Waals surface area (Å²) in [6.45, 7) is 4.13. The van der Waals surface area contributed by atoms with E-state index in [0.717, 1.165) is 12.8 Å². The number of fused-ring (bicyclic) bond motifs is 2. The summed E-state index contributed by atoms with van der Waals surface area (Å²) in [5.41, 5.74) is 0.455. The maximum absolute atomic E-state index is 12.6. The first kappa shape index (κ1) is 17.1. The molecule has 9 heteroatoms. The van der Waals surface area contributed by atoms with Crippen LogP contribution in [0.3, 0.4) is 0 Å². The predicted molar refractivity (Wildman–Crippen MR) is 92.1 cm³/mol. The normalized spacial score (nSPS) is 27.0. The predicted octanol–water partition coefficient (Wildman–Crippen LogP) is 1.62. The van der Waals surface area contributed by atoms with Gasteiger partial charge in [0.2, 0.25) is 0 Å². The third-order valence-electron chi connectivity index (χ3n) is 5.85. The molecule has 0 spiro atoms. The van der Waals surface area contributed by atoms with E-state index < -0.39 is 16.0 Å². The number of nitrogens with zero attached hydrogens (tertiary/aromatic N) is 4. The maximum atomic E-state index is 12.6. The summed E-state index contributed by atoms with van der Waals surface area (Å²) in [7, 11) is -3.89. The van der Waals surface area contributed by atoms with Gasteiger partial charge in [-0.3, -0.25) is 4.79 Å². The molecule has 2 aliphatic carbocycles. The van der Waals surface area contributed by atoms with Crippen molar-refractivity contribution in [3.63, 3.8) is 0 Å². The lowest BCUT2D eigenvalue weighted by Crippen LogP contribution is -2.31. The fourth-order valence-electron chi connectivity index (χ4n) is 4.59. The molecule has 2 fully saturated rings. The summed E-state index contributed by atoms with van der Waals surface area (Å²) in [4.78, 5) is 12.6. The van der Waals surface area contributed by atoms with Crippen molar-refractivity contribution in [1.82, 2.24) is 20.2 Å². The van der Waals surface area contributed by atoms with Gasteiger partial charge in [-0.05, 0) is 46.7 Å². The Balaban J connectivity index is 1.52. The molecule has 2 saturated carbocycles. The van der Waals surface area contributed by atoms with Crippen LogP contribution in [0.2, 0.25) is 0 Å². The van der Waals surface area contributed by atoms with E-state index in [-0.39, 0.29) is 34.5 Å². The molecule has 0 radical (unpaired) electrons. The minimum Gasteiger partial charge on any atom is -0.382 e. The van der Waals surface area contributed by atoms with Crippen LogP contribution in [0.15, 0.2) is 30.6 Å². The third kappa shape index (κ3) is 2.80. The summed E-state index contributed by atoms with van der Waals surface area (Å²) >= 11 is 0. The van der Waals surface area contributed by atoms with Gasteiger partial charge in [0, 0.05) is 17.9 Å². The Labute approximate surface area is 151 Å². The van der Waals surface area contributed by atoms with Crippen LogP contribution in [0, 0.1) is 23.2 Å². The van der Waals surface area contributed by atoms with Gasteiger partial charge in [0.25, 0.3) is 0 Å². The second-order valence-corrected chi connectivity index (χ2v) is 9.24. The lowest BCUT2D eigenvalue weighted by Gasteiger charge is -2.25.